The molecule has 2 amide bonds. The van der Waals surface area contributed by atoms with Gasteiger partial charge in [-0.1, -0.05) is 30.3 Å². The standard InChI is InChI=1S/C17H16F2N2O3/c1-20-17(23)15(10-6-4-3-5-7-10)21-16(22)13-12(24-2)9-8-11(18)14(13)19/h3-9,15H,1-2H3,(H,20,23)(H,21,22)/t15-/m1/s1. The van der Waals surface area contributed by atoms with Gasteiger partial charge in [0.2, 0.25) is 5.91 Å². The lowest BCUT2D eigenvalue weighted by Gasteiger charge is -2.19. The molecule has 1 atom stereocenters. The smallest absolute Gasteiger partial charge is 0.259 e. The van der Waals surface area contributed by atoms with Crippen molar-refractivity contribution in [1.82, 2.24) is 10.6 Å². The van der Waals surface area contributed by atoms with Gasteiger partial charge in [-0.05, 0) is 17.7 Å². The Morgan fingerprint density at radius 2 is 1.75 bits per heavy atom. The highest BCUT2D eigenvalue weighted by Crippen LogP contribution is 2.24. The van der Waals surface area contributed by atoms with Crippen LogP contribution in [0.15, 0.2) is 42.5 Å². The zero-order chi connectivity index (χ0) is 17.7. The van der Waals surface area contributed by atoms with Crippen LogP contribution in [0.25, 0.3) is 0 Å². The molecule has 0 spiro atoms. The number of hydrogen-bond donors (Lipinski definition) is 2. The van der Waals surface area contributed by atoms with Gasteiger partial charge in [-0.15, -0.1) is 0 Å². The summed E-state index contributed by atoms with van der Waals surface area (Å²) in [6.07, 6.45) is 0. The van der Waals surface area contributed by atoms with Crippen LogP contribution in [0.3, 0.4) is 0 Å². The molecule has 0 saturated carbocycles. The van der Waals surface area contributed by atoms with Crippen molar-refractivity contribution in [3.8, 4) is 5.75 Å². The molecule has 2 N–H and O–H groups in total. The minimum absolute atomic E-state index is 0.130. The molecule has 126 valence electrons. The summed E-state index contributed by atoms with van der Waals surface area (Å²) in [4.78, 5) is 24.5. The van der Waals surface area contributed by atoms with Crippen molar-refractivity contribution in [3.63, 3.8) is 0 Å². The average molecular weight is 334 g/mol. The van der Waals surface area contributed by atoms with Crippen LogP contribution in [0.5, 0.6) is 5.75 Å². The fraction of sp³-hybridized carbons (Fsp3) is 0.176. The zero-order valence-corrected chi connectivity index (χ0v) is 13.1. The van der Waals surface area contributed by atoms with Gasteiger partial charge in [0.15, 0.2) is 11.6 Å². The van der Waals surface area contributed by atoms with E-state index in [0.29, 0.717) is 5.56 Å². The second-order valence-electron chi connectivity index (χ2n) is 4.87. The topological polar surface area (TPSA) is 67.4 Å². The van der Waals surface area contributed by atoms with Gasteiger partial charge in [-0.25, -0.2) is 8.78 Å². The van der Waals surface area contributed by atoms with Gasteiger partial charge in [0.1, 0.15) is 17.4 Å². The molecule has 2 aromatic carbocycles. The molecule has 0 saturated heterocycles. The summed E-state index contributed by atoms with van der Waals surface area (Å²) in [5.74, 6) is -4.10. The second kappa shape index (κ2) is 7.54. The lowest BCUT2D eigenvalue weighted by Crippen LogP contribution is -2.39. The normalized spacial score (nSPS) is 11.5. The van der Waals surface area contributed by atoms with Gasteiger partial charge >= 0.3 is 0 Å². The minimum atomic E-state index is -1.34. The molecular formula is C17H16F2N2O3. The number of benzene rings is 2. The number of halogens is 2. The predicted octanol–water partition coefficient (Wildman–Crippen LogP) is 2.19. The SMILES string of the molecule is CNC(=O)[C@H](NC(=O)c1c(OC)ccc(F)c1F)c1ccccc1. The summed E-state index contributed by atoms with van der Waals surface area (Å²) in [5.41, 5.74) is -0.0942. The molecule has 7 heteroatoms. The molecule has 0 unspecified atom stereocenters. The number of nitrogens with one attached hydrogen (secondary N) is 2. The van der Waals surface area contributed by atoms with Gasteiger partial charge in [-0.2, -0.15) is 0 Å². The molecule has 0 aliphatic rings. The maximum Gasteiger partial charge on any atom is 0.259 e. The molecule has 0 aliphatic heterocycles. The van der Waals surface area contributed by atoms with Gasteiger partial charge in [0, 0.05) is 7.05 Å². The fourth-order valence-electron chi connectivity index (χ4n) is 2.21. The van der Waals surface area contributed by atoms with E-state index >= 15 is 0 Å². The average Bonchev–Trinajstić information content (AvgIpc) is 2.61. The van der Waals surface area contributed by atoms with E-state index in [4.69, 9.17) is 4.74 Å². The Kier molecular flexibility index (Phi) is 5.47. The highest BCUT2D eigenvalue weighted by molar-refractivity contribution is 6.00. The van der Waals surface area contributed by atoms with Gasteiger partial charge < -0.3 is 15.4 Å². The van der Waals surface area contributed by atoms with Gasteiger partial charge in [-0.3, -0.25) is 9.59 Å². The van der Waals surface area contributed by atoms with Crippen LogP contribution in [-0.4, -0.2) is 26.0 Å². The Morgan fingerprint density at radius 1 is 1.08 bits per heavy atom. The third kappa shape index (κ3) is 3.51. The highest BCUT2D eigenvalue weighted by atomic mass is 19.2. The molecule has 0 fully saturated rings. The number of methoxy groups -OCH3 is 1. The third-order valence-corrected chi connectivity index (χ3v) is 3.42. The van der Waals surface area contributed by atoms with E-state index in [2.05, 4.69) is 10.6 Å². The van der Waals surface area contributed by atoms with Crippen molar-refractivity contribution in [2.75, 3.05) is 14.2 Å². The molecule has 0 bridgehead atoms. The second-order valence-corrected chi connectivity index (χ2v) is 4.87. The van der Waals surface area contributed by atoms with Crippen LogP contribution in [0.4, 0.5) is 8.78 Å². The van der Waals surface area contributed by atoms with Crippen LogP contribution in [0.1, 0.15) is 22.0 Å². The molecule has 5 nitrogen and oxygen atoms in total. The summed E-state index contributed by atoms with van der Waals surface area (Å²) in [5, 5.41) is 4.83. The Balaban J connectivity index is 2.39. The van der Waals surface area contributed by atoms with E-state index in [1.165, 1.54) is 14.2 Å². The van der Waals surface area contributed by atoms with Crippen molar-refractivity contribution in [1.29, 1.82) is 0 Å². The molecular weight excluding hydrogens is 318 g/mol. The third-order valence-electron chi connectivity index (χ3n) is 3.42. The number of ether oxygens (including phenoxy) is 1. The first-order valence-electron chi connectivity index (χ1n) is 7.09. The van der Waals surface area contributed by atoms with E-state index in [9.17, 15) is 18.4 Å². The van der Waals surface area contributed by atoms with E-state index in [1.54, 1.807) is 30.3 Å². The van der Waals surface area contributed by atoms with Gasteiger partial charge in [0.05, 0.1) is 7.11 Å². The van der Waals surface area contributed by atoms with E-state index in [-0.39, 0.29) is 5.75 Å². The first-order valence-corrected chi connectivity index (χ1v) is 7.09. The van der Waals surface area contributed by atoms with Crippen molar-refractivity contribution in [2.45, 2.75) is 6.04 Å². The Hall–Kier alpha value is -2.96. The van der Waals surface area contributed by atoms with Crippen LogP contribution in [0.2, 0.25) is 0 Å². The minimum Gasteiger partial charge on any atom is -0.496 e. The molecule has 0 aromatic heterocycles. The first-order chi connectivity index (χ1) is 11.5. The largest absolute Gasteiger partial charge is 0.496 e. The van der Waals surface area contributed by atoms with Crippen LogP contribution >= 0.6 is 0 Å². The number of rotatable bonds is 5. The maximum absolute atomic E-state index is 14.0. The van der Waals surface area contributed by atoms with E-state index in [1.807, 2.05) is 0 Å². The lowest BCUT2D eigenvalue weighted by atomic mass is 10.0. The summed E-state index contributed by atoms with van der Waals surface area (Å²) >= 11 is 0. The van der Waals surface area contributed by atoms with Crippen LogP contribution < -0.4 is 15.4 Å². The quantitative estimate of drug-likeness (QED) is 0.881. The Labute approximate surface area is 137 Å². The Morgan fingerprint density at radius 3 is 2.33 bits per heavy atom. The molecule has 0 aliphatic carbocycles. The zero-order valence-electron chi connectivity index (χ0n) is 13.1. The van der Waals surface area contributed by atoms with E-state index < -0.39 is 35.1 Å². The number of carbonyl (C=O) groups is 2. The number of hydrogen-bond acceptors (Lipinski definition) is 3. The number of amides is 2. The summed E-state index contributed by atoms with van der Waals surface area (Å²) in [7, 11) is 2.64. The summed E-state index contributed by atoms with van der Waals surface area (Å²) in [6, 6.07) is 9.36. The van der Waals surface area contributed by atoms with Crippen molar-refractivity contribution >= 4 is 11.8 Å². The first kappa shape index (κ1) is 17.4. The lowest BCUT2D eigenvalue weighted by molar-refractivity contribution is -0.122. The van der Waals surface area contributed by atoms with Crippen LogP contribution in [-0.2, 0) is 4.79 Å². The molecule has 0 radical (unpaired) electrons. The van der Waals surface area contributed by atoms with Crippen molar-refractivity contribution in [3.05, 3.63) is 65.2 Å². The predicted molar refractivity (Wildman–Crippen MR) is 83.6 cm³/mol. The fourth-order valence-corrected chi connectivity index (χ4v) is 2.21. The molecule has 2 rings (SSSR count). The van der Waals surface area contributed by atoms with Crippen molar-refractivity contribution < 1.29 is 23.1 Å². The van der Waals surface area contributed by atoms with Crippen molar-refractivity contribution in [2.24, 2.45) is 0 Å². The van der Waals surface area contributed by atoms with Crippen LogP contribution in [0, 0.1) is 11.6 Å². The molecule has 24 heavy (non-hydrogen) atoms. The number of carbonyl (C=O) groups excluding carboxylic acids is 2. The molecule has 0 heterocycles. The van der Waals surface area contributed by atoms with E-state index in [0.717, 1.165) is 12.1 Å². The number of likely N-dealkylation sites (N-methyl/N-ethyl adjacent to an activating group) is 1. The Bertz CT molecular complexity index is 751. The monoisotopic (exact) mass is 334 g/mol. The molecule has 2 aromatic rings. The summed E-state index contributed by atoms with van der Waals surface area (Å²) < 4.78 is 32.4. The van der Waals surface area contributed by atoms with Gasteiger partial charge in [0.25, 0.3) is 5.91 Å². The summed E-state index contributed by atoms with van der Waals surface area (Å²) in [6.45, 7) is 0. The maximum atomic E-state index is 14.0. The highest BCUT2D eigenvalue weighted by Gasteiger charge is 2.27.